The number of nitrogens with one attached hydrogen (secondary N) is 1. The van der Waals surface area contributed by atoms with E-state index in [9.17, 15) is 4.79 Å². The number of carbonyl (C=O) groups excluding carboxylic acids is 1. The van der Waals surface area contributed by atoms with E-state index in [2.05, 4.69) is 5.32 Å². The Balaban J connectivity index is 1.64. The van der Waals surface area contributed by atoms with Crippen molar-refractivity contribution in [3.05, 3.63) is 36.4 Å². The van der Waals surface area contributed by atoms with E-state index in [-0.39, 0.29) is 18.0 Å². The molecular formula is C18H19NO5S. The molecule has 7 heteroatoms. The van der Waals surface area contributed by atoms with E-state index >= 15 is 0 Å². The van der Waals surface area contributed by atoms with Gasteiger partial charge in [0.2, 0.25) is 12.7 Å². The highest BCUT2D eigenvalue weighted by atomic mass is 32.2. The van der Waals surface area contributed by atoms with Gasteiger partial charge in [0.1, 0.15) is 0 Å². The molecule has 0 unspecified atom stereocenters. The number of thioether (sulfide) groups is 1. The van der Waals surface area contributed by atoms with E-state index in [4.69, 9.17) is 18.9 Å². The van der Waals surface area contributed by atoms with Crippen molar-refractivity contribution in [1.82, 2.24) is 0 Å². The number of ether oxygens (including phenoxy) is 4. The van der Waals surface area contributed by atoms with Crippen LogP contribution in [0.25, 0.3) is 0 Å². The van der Waals surface area contributed by atoms with Crippen LogP contribution in [-0.4, -0.2) is 32.2 Å². The Kier molecular flexibility index (Phi) is 5.23. The van der Waals surface area contributed by atoms with Gasteiger partial charge in [-0.15, -0.1) is 11.8 Å². The van der Waals surface area contributed by atoms with E-state index < -0.39 is 0 Å². The van der Waals surface area contributed by atoms with Gasteiger partial charge in [-0.25, -0.2) is 0 Å². The molecular weight excluding hydrogens is 342 g/mol. The third kappa shape index (κ3) is 3.93. The first-order valence-corrected chi connectivity index (χ1v) is 8.58. The Morgan fingerprint density at radius 2 is 1.84 bits per heavy atom. The standard InChI is InChI=1S/C18H19NO5S/c1-11(25-13-5-7-14(21-2)16(9-13)22-3)18(20)19-12-4-6-15-17(8-12)24-10-23-15/h4-9,11H,10H2,1-3H3,(H,19,20)/t11-/m1/s1. The zero-order valence-corrected chi connectivity index (χ0v) is 15.0. The normalized spacial score (nSPS) is 13.2. The van der Waals surface area contributed by atoms with Crippen LogP contribution in [0.1, 0.15) is 6.92 Å². The van der Waals surface area contributed by atoms with Gasteiger partial charge in [-0.1, -0.05) is 0 Å². The summed E-state index contributed by atoms with van der Waals surface area (Å²) in [4.78, 5) is 13.4. The minimum absolute atomic E-state index is 0.0985. The molecule has 1 N–H and O–H groups in total. The monoisotopic (exact) mass is 361 g/mol. The van der Waals surface area contributed by atoms with Gasteiger partial charge in [0.05, 0.1) is 19.5 Å². The first-order chi connectivity index (χ1) is 12.1. The van der Waals surface area contributed by atoms with Gasteiger partial charge < -0.3 is 24.3 Å². The Morgan fingerprint density at radius 3 is 2.60 bits per heavy atom. The highest BCUT2D eigenvalue weighted by molar-refractivity contribution is 8.00. The molecule has 132 valence electrons. The number of anilines is 1. The van der Waals surface area contributed by atoms with Crippen molar-refractivity contribution >= 4 is 23.4 Å². The molecule has 0 saturated heterocycles. The Hall–Kier alpha value is -2.54. The Morgan fingerprint density at radius 1 is 1.08 bits per heavy atom. The number of hydrogen-bond donors (Lipinski definition) is 1. The fourth-order valence-corrected chi connectivity index (χ4v) is 3.26. The number of amides is 1. The van der Waals surface area contributed by atoms with Gasteiger partial charge in [0, 0.05) is 16.6 Å². The number of methoxy groups -OCH3 is 2. The third-order valence-electron chi connectivity index (χ3n) is 3.68. The van der Waals surface area contributed by atoms with E-state index in [0.717, 1.165) is 4.90 Å². The SMILES string of the molecule is COc1ccc(S[C@H](C)C(=O)Nc2ccc3c(c2)OCO3)cc1OC. The van der Waals surface area contributed by atoms with Gasteiger partial charge in [-0.3, -0.25) is 4.79 Å². The van der Waals surface area contributed by atoms with E-state index in [0.29, 0.717) is 28.7 Å². The molecule has 1 amide bonds. The van der Waals surface area contributed by atoms with Gasteiger partial charge in [-0.2, -0.15) is 0 Å². The fraction of sp³-hybridized carbons (Fsp3) is 0.278. The van der Waals surface area contributed by atoms with Crippen LogP contribution in [-0.2, 0) is 4.79 Å². The molecule has 1 heterocycles. The van der Waals surface area contributed by atoms with Gasteiger partial charge in [-0.05, 0) is 37.3 Å². The van der Waals surface area contributed by atoms with Crippen molar-refractivity contribution in [3.8, 4) is 23.0 Å². The smallest absolute Gasteiger partial charge is 0.237 e. The predicted octanol–water partition coefficient (Wildman–Crippen LogP) is 3.55. The highest BCUT2D eigenvalue weighted by Crippen LogP contribution is 2.35. The molecule has 0 aliphatic carbocycles. The molecule has 0 bridgehead atoms. The van der Waals surface area contributed by atoms with E-state index in [1.54, 1.807) is 32.4 Å². The maximum absolute atomic E-state index is 12.4. The van der Waals surface area contributed by atoms with Crippen LogP contribution in [0.2, 0.25) is 0 Å². The van der Waals surface area contributed by atoms with Crippen molar-refractivity contribution in [2.75, 3.05) is 26.3 Å². The average Bonchev–Trinajstić information content (AvgIpc) is 3.09. The van der Waals surface area contributed by atoms with Crippen molar-refractivity contribution < 1.29 is 23.7 Å². The summed E-state index contributed by atoms with van der Waals surface area (Å²) in [6.45, 7) is 2.06. The zero-order valence-electron chi connectivity index (χ0n) is 14.2. The third-order valence-corrected chi connectivity index (χ3v) is 4.77. The summed E-state index contributed by atoms with van der Waals surface area (Å²) < 4.78 is 21.1. The molecule has 3 rings (SSSR count). The lowest BCUT2D eigenvalue weighted by atomic mass is 10.2. The number of hydrogen-bond acceptors (Lipinski definition) is 6. The molecule has 0 radical (unpaired) electrons. The highest BCUT2D eigenvalue weighted by Gasteiger charge is 2.18. The topological polar surface area (TPSA) is 66.0 Å². The van der Waals surface area contributed by atoms with Gasteiger partial charge in [0.15, 0.2) is 23.0 Å². The minimum Gasteiger partial charge on any atom is -0.493 e. The van der Waals surface area contributed by atoms with Crippen LogP contribution in [0.15, 0.2) is 41.3 Å². The summed E-state index contributed by atoms with van der Waals surface area (Å²) in [5.41, 5.74) is 0.675. The molecule has 2 aromatic rings. The van der Waals surface area contributed by atoms with Crippen molar-refractivity contribution in [2.45, 2.75) is 17.1 Å². The maximum atomic E-state index is 12.4. The number of benzene rings is 2. The summed E-state index contributed by atoms with van der Waals surface area (Å²) >= 11 is 1.44. The lowest BCUT2D eigenvalue weighted by Crippen LogP contribution is -2.22. The Bertz CT molecular complexity index is 780. The molecule has 0 spiro atoms. The molecule has 0 fully saturated rings. The number of carbonyl (C=O) groups is 1. The maximum Gasteiger partial charge on any atom is 0.237 e. The molecule has 2 aromatic carbocycles. The van der Waals surface area contributed by atoms with Gasteiger partial charge >= 0.3 is 0 Å². The molecule has 25 heavy (non-hydrogen) atoms. The van der Waals surface area contributed by atoms with Crippen LogP contribution in [0.5, 0.6) is 23.0 Å². The van der Waals surface area contributed by atoms with Crippen LogP contribution < -0.4 is 24.3 Å². The zero-order chi connectivity index (χ0) is 17.8. The van der Waals surface area contributed by atoms with Crippen molar-refractivity contribution in [3.63, 3.8) is 0 Å². The number of fused-ring (bicyclic) bond motifs is 1. The lowest BCUT2D eigenvalue weighted by molar-refractivity contribution is -0.115. The second-order valence-electron chi connectivity index (χ2n) is 5.33. The molecule has 1 atom stereocenters. The minimum atomic E-state index is -0.288. The first-order valence-electron chi connectivity index (χ1n) is 7.70. The molecule has 6 nitrogen and oxygen atoms in total. The molecule has 0 aromatic heterocycles. The summed E-state index contributed by atoms with van der Waals surface area (Å²) in [5, 5.41) is 2.60. The molecule has 1 aliphatic heterocycles. The summed E-state index contributed by atoms with van der Waals surface area (Å²) in [6.07, 6.45) is 0. The fourth-order valence-electron chi connectivity index (χ4n) is 2.37. The Labute approximate surface area is 150 Å². The number of rotatable bonds is 6. The van der Waals surface area contributed by atoms with Crippen molar-refractivity contribution in [2.24, 2.45) is 0 Å². The van der Waals surface area contributed by atoms with Crippen LogP contribution in [0.4, 0.5) is 5.69 Å². The van der Waals surface area contributed by atoms with Crippen LogP contribution in [0, 0.1) is 0 Å². The van der Waals surface area contributed by atoms with E-state index in [1.165, 1.54) is 11.8 Å². The average molecular weight is 361 g/mol. The van der Waals surface area contributed by atoms with Crippen LogP contribution >= 0.6 is 11.8 Å². The van der Waals surface area contributed by atoms with Crippen LogP contribution in [0.3, 0.4) is 0 Å². The summed E-state index contributed by atoms with van der Waals surface area (Å²) in [7, 11) is 3.17. The quantitative estimate of drug-likeness (QED) is 0.794. The first kappa shape index (κ1) is 17.3. The summed E-state index contributed by atoms with van der Waals surface area (Å²) in [6, 6.07) is 10.9. The van der Waals surface area contributed by atoms with E-state index in [1.807, 2.05) is 25.1 Å². The molecule has 0 saturated carbocycles. The van der Waals surface area contributed by atoms with Gasteiger partial charge in [0.25, 0.3) is 0 Å². The lowest BCUT2D eigenvalue weighted by Gasteiger charge is -2.14. The summed E-state index contributed by atoms with van der Waals surface area (Å²) in [5.74, 6) is 2.52. The largest absolute Gasteiger partial charge is 0.493 e. The predicted molar refractivity (Wildman–Crippen MR) is 96.1 cm³/mol. The molecule has 1 aliphatic rings. The van der Waals surface area contributed by atoms with Crippen molar-refractivity contribution in [1.29, 1.82) is 0 Å². The second-order valence-corrected chi connectivity index (χ2v) is 6.75. The second kappa shape index (κ2) is 7.57.